The maximum atomic E-state index is 14.1. The largest absolute Gasteiger partial charge is 0.467 e. The zero-order valence-electron chi connectivity index (χ0n) is 45.1. The molecule has 17 heteroatoms. The zero-order valence-corrected chi connectivity index (χ0v) is 45.9. The van der Waals surface area contributed by atoms with Crippen molar-refractivity contribution < 1.29 is 47.7 Å². The van der Waals surface area contributed by atoms with Gasteiger partial charge in [0.15, 0.2) is 0 Å². The van der Waals surface area contributed by atoms with Gasteiger partial charge in [-0.3, -0.25) is 9.59 Å². The van der Waals surface area contributed by atoms with Crippen molar-refractivity contribution in [2.75, 3.05) is 54.7 Å². The summed E-state index contributed by atoms with van der Waals surface area (Å²) in [6.07, 6.45) is 11.9. The van der Waals surface area contributed by atoms with E-state index in [9.17, 15) is 28.8 Å². The second-order valence-electron chi connectivity index (χ2n) is 24.7. The molecular formula is C52H91ClN6O10. The van der Waals surface area contributed by atoms with Gasteiger partial charge in [-0.15, -0.1) is 12.4 Å². The van der Waals surface area contributed by atoms with Gasteiger partial charge < -0.3 is 45.1 Å². The summed E-state index contributed by atoms with van der Waals surface area (Å²) >= 11 is 0. The molecule has 0 bridgehead atoms. The van der Waals surface area contributed by atoms with E-state index in [0.29, 0.717) is 32.2 Å². The van der Waals surface area contributed by atoms with Crippen molar-refractivity contribution in [3.05, 3.63) is 0 Å². The standard InChI is InChI=1S/C26H45N3O5.C18H30N2O3.C8H15NO2.ClH/c1-24(2,3)17(15-33-7)27-23(32)28-20(26(6)12-10-9-11-13-26)21(30)29-14-16-18(25(16,4)5)19(29)22(31)34-8;1-17(2)11-10-20(13(12(11)17)16(22)23-4)15(21)14(19)18(3)8-6-5-7-9-18;1-8(2,3)7(5-11-4)9-6-10;/h16-20H,9-15H2,1-8H3,(H2,27,28,32);11-14H,5-10,19H2,1-4H3;7H,5H2,1-4H3;1H/t16-,17+,18-,19-,20+;11-,12-,13-,14+;7-;/m001./s1. The Hall–Kier alpha value is -3.30. The van der Waals surface area contributed by atoms with Crippen LogP contribution in [0.3, 0.4) is 0 Å². The van der Waals surface area contributed by atoms with Gasteiger partial charge in [0.1, 0.15) is 18.1 Å². The Morgan fingerprint density at radius 2 is 1.07 bits per heavy atom. The topological polar surface area (TPSA) is 208 Å². The van der Waals surface area contributed by atoms with E-state index in [4.69, 9.17) is 24.7 Å². The van der Waals surface area contributed by atoms with Crippen LogP contribution in [0.5, 0.6) is 0 Å². The number of carbonyl (C=O) groups excluding carboxylic acids is 6. The number of nitrogens with zero attached hydrogens (tertiary/aromatic N) is 3. The van der Waals surface area contributed by atoms with Gasteiger partial charge in [-0.05, 0) is 70.0 Å². The third kappa shape index (κ3) is 13.4. The number of likely N-dealkylation sites (tertiary alicyclic amines) is 2. The van der Waals surface area contributed by atoms with Crippen molar-refractivity contribution in [1.29, 1.82) is 0 Å². The number of methoxy groups -OCH3 is 4. The summed E-state index contributed by atoms with van der Waals surface area (Å²) in [4.78, 5) is 82.4. The van der Waals surface area contributed by atoms with Gasteiger partial charge in [0, 0.05) is 39.1 Å². The number of hydrogen-bond donors (Lipinski definition) is 3. The Morgan fingerprint density at radius 3 is 1.45 bits per heavy atom. The van der Waals surface area contributed by atoms with Crippen molar-refractivity contribution in [2.45, 2.75) is 184 Å². The molecule has 2 heterocycles. The van der Waals surface area contributed by atoms with Crippen LogP contribution in [0.25, 0.3) is 0 Å². The maximum Gasteiger partial charge on any atom is 0.328 e. The molecular weight excluding hydrogens is 904 g/mol. The first-order chi connectivity index (χ1) is 31.5. The van der Waals surface area contributed by atoms with Crippen LogP contribution in [0, 0.1) is 56.2 Å². The lowest BCUT2D eigenvalue weighted by atomic mass is 9.70. The van der Waals surface area contributed by atoms with Crippen LogP contribution in [0.15, 0.2) is 4.99 Å². The highest BCUT2D eigenvalue weighted by atomic mass is 35.5. The molecule has 0 aromatic carbocycles. The molecule has 6 fully saturated rings. The van der Waals surface area contributed by atoms with E-state index in [2.05, 4.69) is 57.2 Å². The number of urea groups is 1. The van der Waals surface area contributed by atoms with Crippen molar-refractivity contribution in [3.8, 4) is 0 Å². The molecule has 2 saturated heterocycles. The molecule has 69 heavy (non-hydrogen) atoms. The Labute approximate surface area is 420 Å². The molecule has 16 nitrogen and oxygen atoms in total. The number of nitrogens with two attached hydrogens (primary N) is 1. The number of piperidine rings is 2. The third-order valence-corrected chi connectivity index (χ3v) is 17.3. The summed E-state index contributed by atoms with van der Waals surface area (Å²) in [5.74, 6) is 0.0939. The fourth-order valence-corrected chi connectivity index (χ4v) is 12.0. The highest BCUT2D eigenvalue weighted by Crippen LogP contribution is 2.66. The summed E-state index contributed by atoms with van der Waals surface area (Å²) in [5, 5.41) is 6.07. The zero-order chi connectivity index (χ0) is 51.4. The number of halogens is 1. The number of ether oxygens (including phenoxy) is 4. The Bertz CT molecular complexity index is 1830. The van der Waals surface area contributed by atoms with Gasteiger partial charge in [0.05, 0.1) is 45.6 Å². The highest BCUT2D eigenvalue weighted by Gasteiger charge is 2.71. The molecule has 6 rings (SSSR count). The van der Waals surface area contributed by atoms with Crippen molar-refractivity contribution in [2.24, 2.45) is 66.9 Å². The first-order valence-corrected chi connectivity index (χ1v) is 25.2. The van der Waals surface area contributed by atoms with Crippen molar-refractivity contribution in [1.82, 2.24) is 20.4 Å². The summed E-state index contributed by atoms with van der Waals surface area (Å²) < 4.78 is 20.3. The number of amides is 4. The van der Waals surface area contributed by atoms with E-state index < -0.39 is 24.2 Å². The van der Waals surface area contributed by atoms with Gasteiger partial charge in [-0.1, -0.05) is 122 Å². The predicted octanol–water partition coefficient (Wildman–Crippen LogP) is 7.09. The smallest absolute Gasteiger partial charge is 0.328 e. The first kappa shape index (κ1) is 60.0. The predicted molar refractivity (Wildman–Crippen MR) is 268 cm³/mol. The van der Waals surface area contributed by atoms with E-state index in [1.807, 2.05) is 41.5 Å². The minimum atomic E-state index is -0.705. The summed E-state index contributed by atoms with van der Waals surface area (Å²) in [5.41, 5.74) is 5.78. The SMILES string of the molecule is COC(=O)[C@@H]1[C@@H]2[C@H](CN1C(=O)[C@@H](N)C1(C)CCCCC1)C2(C)C.COC[C@@H](N=C=O)C(C)(C)C.COC[C@@H](NC(=O)N[C@H](C(=O)N1C[C@H]2[C@@H]([C@H]1C(=O)OC)C2(C)C)C1(C)CCCCC1)C(C)(C)C.Cl. The van der Waals surface area contributed by atoms with Crippen LogP contribution in [0.4, 0.5) is 4.79 Å². The number of esters is 2. The number of nitrogens with one attached hydrogen (secondary N) is 2. The van der Waals surface area contributed by atoms with Crippen LogP contribution in [-0.4, -0.2) is 137 Å². The Kier molecular flexibility index (Phi) is 20.4. The lowest BCUT2D eigenvalue weighted by Gasteiger charge is -2.43. The number of fused-ring (bicyclic) bond motifs is 2. The average Bonchev–Trinajstić information content (AvgIpc) is 3.72. The molecule has 10 atom stereocenters. The van der Waals surface area contributed by atoms with Gasteiger partial charge in [0.2, 0.25) is 17.9 Å². The van der Waals surface area contributed by atoms with E-state index >= 15 is 0 Å². The fraction of sp³-hybridized carbons (Fsp3) is 0.885. The number of aliphatic imine (C=N–C) groups is 1. The summed E-state index contributed by atoms with van der Waals surface area (Å²) in [7, 11) is 5.98. The highest BCUT2D eigenvalue weighted by molar-refractivity contribution is 5.93. The van der Waals surface area contributed by atoms with Gasteiger partial charge in [-0.2, -0.15) is 4.99 Å². The maximum absolute atomic E-state index is 14.1. The van der Waals surface area contributed by atoms with Crippen LogP contribution in [-0.2, 0) is 42.9 Å². The van der Waals surface area contributed by atoms with E-state index in [1.165, 1.54) is 20.6 Å². The second-order valence-corrected chi connectivity index (χ2v) is 24.7. The minimum absolute atomic E-state index is 0. The van der Waals surface area contributed by atoms with Gasteiger partial charge >= 0.3 is 18.0 Å². The molecule has 396 valence electrons. The lowest BCUT2D eigenvalue weighted by molar-refractivity contribution is -0.155. The van der Waals surface area contributed by atoms with E-state index in [1.54, 1.807) is 30.1 Å². The molecule has 4 amide bonds. The molecule has 4 saturated carbocycles. The summed E-state index contributed by atoms with van der Waals surface area (Å²) in [6.45, 7) is 27.0. The average molecular weight is 996 g/mol. The van der Waals surface area contributed by atoms with Gasteiger partial charge in [0.25, 0.3) is 0 Å². The van der Waals surface area contributed by atoms with Crippen molar-refractivity contribution >= 4 is 48.3 Å². The van der Waals surface area contributed by atoms with Crippen LogP contribution < -0.4 is 16.4 Å². The van der Waals surface area contributed by atoms with Crippen molar-refractivity contribution in [3.63, 3.8) is 0 Å². The first-order valence-electron chi connectivity index (χ1n) is 25.2. The molecule has 0 aromatic heterocycles. The molecule has 0 radical (unpaired) electrons. The molecule has 0 aromatic rings. The molecule has 0 unspecified atom stereocenters. The number of carbonyl (C=O) groups is 5. The Balaban J connectivity index is 0.000000310. The summed E-state index contributed by atoms with van der Waals surface area (Å²) in [6, 6.07) is -2.94. The minimum Gasteiger partial charge on any atom is -0.467 e. The molecule has 4 N–H and O–H groups in total. The van der Waals surface area contributed by atoms with Crippen LogP contribution in [0.2, 0.25) is 0 Å². The molecule has 2 aliphatic heterocycles. The van der Waals surface area contributed by atoms with E-state index in [0.717, 1.165) is 57.8 Å². The van der Waals surface area contributed by atoms with Crippen LogP contribution in [0.1, 0.15) is 147 Å². The van der Waals surface area contributed by atoms with Gasteiger partial charge in [-0.25, -0.2) is 19.2 Å². The monoisotopic (exact) mass is 995 g/mol. The van der Waals surface area contributed by atoms with Crippen LogP contribution >= 0.6 is 12.4 Å². The second kappa shape index (κ2) is 23.5. The normalized spacial score (nSPS) is 28.2. The Morgan fingerprint density at radius 1 is 0.652 bits per heavy atom. The molecule has 0 spiro atoms. The third-order valence-electron chi connectivity index (χ3n) is 17.3. The number of isocyanates is 1. The lowest BCUT2D eigenvalue weighted by Crippen LogP contribution is -2.62. The van der Waals surface area contributed by atoms with E-state index in [-0.39, 0.29) is 105 Å². The number of hydrogen-bond acceptors (Lipinski definition) is 12. The quantitative estimate of drug-likeness (QED) is 0.0965. The number of rotatable bonds is 13. The fourth-order valence-electron chi connectivity index (χ4n) is 12.0. The molecule has 6 aliphatic rings. The molecule has 4 aliphatic carbocycles.